The van der Waals surface area contributed by atoms with E-state index in [2.05, 4.69) is 0 Å². The van der Waals surface area contributed by atoms with Crippen molar-refractivity contribution >= 4 is 40.6 Å². The predicted molar refractivity (Wildman–Crippen MR) is 109 cm³/mol. The van der Waals surface area contributed by atoms with E-state index in [1.807, 2.05) is 6.92 Å². The smallest absolute Gasteiger partial charge is 0.326 e. The number of nitro groups is 1. The average Bonchev–Trinajstić information content (AvgIpc) is 3.28. The predicted octanol–water partition coefficient (Wildman–Crippen LogP) is 4.23. The fraction of sp³-hybridized carbons (Fsp3) is 0.250. The Morgan fingerprint density at radius 1 is 1.33 bits per heavy atom. The first-order chi connectivity index (χ1) is 14.3. The van der Waals surface area contributed by atoms with E-state index in [4.69, 9.17) is 9.15 Å². The van der Waals surface area contributed by atoms with Crippen molar-refractivity contribution in [2.45, 2.75) is 26.4 Å². The summed E-state index contributed by atoms with van der Waals surface area (Å²) in [6, 6.07) is 9.14. The molecule has 3 rings (SSSR count). The molecule has 1 aliphatic heterocycles. The summed E-state index contributed by atoms with van der Waals surface area (Å²) >= 11 is 0.696. The SMILES string of the molecule is CC[C@@H](C)OC(=O)CN1C(=O)S/C(=C/c2ccc(-c3cccc([N+](=O)[O-])c3)o2)C1=O. The highest BCUT2D eigenvalue weighted by molar-refractivity contribution is 8.18. The summed E-state index contributed by atoms with van der Waals surface area (Å²) < 4.78 is 10.8. The van der Waals surface area contributed by atoms with E-state index in [0.717, 1.165) is 4.90 Å². The number of furan rings is 1. The Balaban J connectivity index is 1.74. The van der Waals surface area contributed by atoms with Gasteiger partial charge in [0.1, 0.15) is 18.1 Å². The van der Waals surface area contributed by atoms with Crippen molar-refractivity contribution in [1.82, 2.24) is 4.90 Å². The number of imide groups is 1. The molecule has 0 spiro atoms. The normalized spacial score (nSPS) is 16.2. The van der Waals surface area contributed by atoms with Crippen LogP contribution in [0.25, 0.3) is 17.4 Å². The molecule has 1 aromatic heterocycles. The van der Waals surface area contributed by atoms with Gasteiger partial charge in [0.25, 0.3) is 16.8 Å². The van der Waals surface area contributed by atoms with Gasteiger partial charge in [-0.1, -0.05) is 19.1 Å². The van der Waals surface area contributed by atoms with Gasteiger partial charge in [-0.15, -0.1) is 0 Å². The molecular weight excluding hydrogens is 412 g/mol. The van der Waals surface area contributed by atoms with E-state index in [1.165, 1.54) is 18.2 Å². The molecule has 0 saturated carbocycles. The second kappa shape index (κ2) is 8.95. The van der Waals surface area contributed by atoms with Crippen LogP contribution in [0.4, 0.5) is 10.5 Å². The molecule has 0 radical (unpaired) electrons. The number of esters is 1. The maximum absolute atomic E-state index is 12.5. The Hall–Kier alpha value is -3.40. The van der Waals surface area contributed by atoms with Gasteiger partial charge in [-0.05, 0) is 37.2 Å². The molecule has 0 aliphatic carbocycles. The molecule has 1 atom stereocenters. The largest absolute Gasteiger partial charge is 0.461 e. The first kappa shape index (κ1) is 21.3. The van der Waals surface area contributed by atoms with Gasteiger partial charge in [0.2, 0.25) is 0 Å². The van der Waals surface area contributed by atoms with Crippen LogP contribution in [0, 0.1) is 10.1 Å². The molecule has 0 N–H and O–H groups in total. The molecule has 1 aromatic carbocycles. The van der Waals surface area contributed by atoms with Crippen molar-refractivity contribution in [2.24, 2.45) is 0 Å². The third-order valence-electron chi connectivity index (χ3n) is 4.31. The molecule has 9 nitrogen and oxygen atoms in total. The maximum atomic E-state index is 12.5. The Bertz CT molecular complexity index is 1040. The summed E-state index contributed by atoms with van der Waals surface area (Å²) in [6.07, 6.45) is 1.72. The lowest BCUT2D eigenvalue weighted by atomic mass is 10.1. The molecule has 0 unspecified atom stereocenters. The van der Waals surface area contributed by atoms with Crippen molar-refractivity contribution in [3.05, 3.63) is 57.2 Å². The number of ether oxygens (including phenoxy) is 1. The van der Waals surface area contributed by atoms with Crippen LogP contribution in [0.5, 0.6) is 0 Å². The van der Waals surface area contributed by atoms with Crippen LogP contribution in [0.3, 0.4) is 0 Å². The summed E-state index contributed by atoms with van der Waals surface area (Å²) in [4.78, 5) is 47.9. The van der Waals surface area contributed by atoms with Gasteiger partial charge >= 0.3 is 5.97 Å². The average molecular weight is 430 g/mol. The second-order valence-corrected chi connectivity index (χ2v) is 7.48. The molecule has 2 amide bonds. The molecule has 2 aromatic rings. The molecule has 10 heteroatoms. The number of rotatable bonds is 7. The van der Waals surface area contributed by atoms with Crippen LogP contribution in [0.2, 0.25) is 0 Å². The Labute approximate surface area is 175 Å². The minimum atomic E-state index is -0.654. The number of thioether (sulfide) groups is 1. The fourth-order valence-electron chi connectivity index (χ4n) is 2.60. The first-order valence-electron chi connectivity index (χ1n) is 9.08. The summed E-state index contributed by atoms with van der Waals surface area (Å²) in [5.41, 5.74) is 0.431. The van der Waals surface area contributed by atoms with Gasteiger partial charge in [-0.2, -0.15) is 0 Å². The van der Waals surface area contributed by atoms with E-state index in [1.54, 1.807) is 31.2 Å². The molecule has 2 heterocycles. The Morgan fingerprint density at radius 2 is 2.10 bits per heavy atom. The van der Waals surface area contributed by atoms with Crippen LogP contribution >= 0.6 is 11.8 Å². The van der Waals surface area contributed by atoms with Crippen molar-refractivity contribution in [1.29, 1.82) is 0 Å². The molecule has 0 bridgehead atoms. The summed E-state index contributed by atoms with van der Waals surface area (Å²) in [5.74, 6) is -0.594. The zero-order chi connectivity index (χ0) is 21.8. The minimum absolute atomic E-state index is 0.0733. The number of amides is 2. The summed E-state index contributed by atoms with van der Waals surface area (Å²) in [5, 5.41) is 10.4. The lowest BCUT2D eigenvalue weighted by molar-refractivity contribution is -0.384. The maximum Gasteiger partial charge on any atom is 0.326 e. The monoisotopic (exact) mass is 430 g/mol. The zero-order valence-electron chi connectivity index (χ0n) is 16.2. The number of carbonyl (C=O) groups is 3. The van der Waals surface area contributed by atoms with Gasteiger partial charge in [0.05, 0.1) is 15.9 Å². The summed E-state index contributed by atoms with van der Waals surface area (Å²) in [7, 11) is 0. The van der Waals surface area contributed by atoms with Crippen LogP contribution in [0.15, 0.2) is 45.7 Å². The van der Waals surface area contributed by atoms with E-state index in [-0.39, 0.29) is 16.7 Å². The van der Waals surface area contributed by atoms with Gasteiger partial charge < -0.3 is 9.15 Å². The van der Waals surface area contributed by atoms with Gasteiger partial charge in [-0.25, -0.2) is 0 Å². The van der Waals surface area contributed by atoms with Gasteiger partial charge in [0, 0.05) is 23.8 Å². The highest BCUT2D eigenvalue weighted by Gasteiger charge is 2.37. The van der Waals surface area contributed by atoms with Crippen LogP contribution < -0.4 is 0 Å². The van der Waals surface area contributed by atoms with Crippen molar-refractivity contribution in [2.75, 3.05) is 6.54 Å². The van der Waals surface area contributed by atoms with E-state index < -0.39 is 28.6 Å². The number of carbonyl (C=O) groups excluding carboxylic acids is 3. The number of non-ortho nitro benzene ring substituents is 1. The van der Waals surface area contributed by atoms with Gasteiger partial charge in [-0.3, -0.25) is 29.4 Å². The number of hydrogen-bond donors (Lipinski definition) is 0. The molecule has 156 valence electrons. The molecule has 1 fully saturated rings. The highest BCUT2D eigenvalue weighted by Crippen LogP contribution is 2.33. The zero-order valence-corrected chi connectivity index (χ0v) is 17.0. The standard InChI is InChI=1S/C20H18N2O7S/c1-3-12(2)28-18(23)11-21-19(24)17(30-20(21)25)10-15-7-8-16(29-15)13-5-4-6-14(9-13)22(26)27/h4-10,12H,3,11H2,1-2H3/b17-10+/t12-/m1/s1. The van der Waals surface area contributed by atoms with Crippen LogP contribution in [-0.2, 0) is 14.3 Å². The summed E-state index contributed by atoms with van der Waals surface area (Å²) in [6.45, 7) is 3.12. The minimum Gasteiger partial charge on any atom is -0.461 e. The first-order valence-corrected chi connectivity index (χ1v) is 9.89. The van der Waals surface area contributed by atoms with E-state index in [0.29, 0.717) is 35.3 Å². The second-order valence-electron chi connectivity index (χ2n) is 6.49. The van der Waals surface area contributed by atoms with Crippen molar-refractivity contribution in [3.63, 3.8) is 0 Å². The van der Waals surface area contributed by atoms with Crippen LogP contribution in [0.1, 0.15) is 26.0 Å². The Kier molecular flexibility index (Phi) is 6.36. The van der Waals surface area contributed by atoms with E-state index in [9.17, 15) is 24.5 Å². The van der Waals surface area contributed by atoms with Crippen molar-refractivity contribution < 1.29 is 28.5 Å². The number of nitro benzene ring substituents is 1. The third kappa shape index (κ3) is 4.77. The number of benzene rings is 1. The fourth-order valence-corrected chi connectivity index (χ4v) is 3.42. The van der Waals surface area contributed by atoms with Gasteiger partial charge in [0.15, 0.2) is 0 Å². The van der Waals surface area contributed by atoms with Crippen LogP contribution in [-0.4, -0.2) is 39.6 Å². The quantitative estimate of drug-likeness (QED) is 0.277. The molecular formula is C20H18N2O7S. The number of nitrogens with zero attached hydrogens (tertiary/aromatic N) is 2. The Morgan fingerprint density at radius 3 is 2.80 bits per heavy atom. The van der Waals surface area contributed by atoms with E-state index >= 15 is 0 Å². The lowest BCUT2D eigenvalue weighted by Gasteiger charge is -2.14. The molecule has 1 aliphatic rings. The number of hydrogen-bond acceptors (Lipinski definition) is 8. The molecule has 1 saturated heterocycles. The third-order valence-corrected chi connectivity index (χ3v) is 5.22. The topological polar surface area (TPSA) is 120 Å². The lowest BCUT2D eigenvalue weighted by Crippen LogP contribution is -2.35. The van der Waals surface area contributed by atoms with Crippen molar-refractivity contribution in [3.8, 4) is 11.3 Å². The highest BCUT2D eigenvalue weighted by atomic mass is 32.2. The molecule has 30 heavy (non-hydrogen) atoms.